The molecule has 0 amide bonds. The molecule has 3 nitrogen and oxygen atoms in total. The Hall–Kier alpha value is -0.120. The van der Waals surface area contributed by atoms with Crippen LogP contribution in [0.2, 0.25) is 0 Å². The first kappa shape index (κ1) is 16.9. The maximum Gasteiger partial charge on any atom is 0.0330 e. The average molecular weight is 269 g/mol. The van der Waals surface area contributed by atoms with Crippen LogP contribution in [-0.4, -0.2) is 55.1 Å². The lowest BCUT2D eigenvalue weighted by Gasteiger charge is -2.53. The summed E-state index contributed by atoms with van der Waals surface area (Å²) in [5.41, 5.74) is 6.79. The van der Waals surface area contributed by atoms with Crippen LogP contribution in [0.1, 0.15) is 58.8 Å². The van der Waals surface area contributed by atoms with Crippen molar-refractivity contribution in [2.24, 2.45) is 5.73 Å². The van der Waals surface area contributed by atoms with Crippen molar-refractivity contribution in [2.75, 3.05) is 34.2 Å². The van der Waals surface area contributed by atoms with E-state index in [9.17, 15) is 0 Å². The molecule has 0 aromatic rings. The van der Waals surface area contributed by atoms with E-state index in [1.54, 1.807) is 0 Å². The molecule has 0 unspecified atom stereocenters. The number of hydrogen-bond donors (Lipinski definition) is 1. The summed E-state index contributed by atoms with van der Waals surface area (Å²) in [6.45, 7) is 6.50. The largest absolute Gasteiger partial charge is 0.329 e. The number of nitrogens with two attached hydrogens (primary N) is 1. The van der Waals surface area contributed by atoms with E-state index in [2.05, 4.69) is 44.8 Å². The highest BCUT2D eigenvalue weighted by Gasteiger charge is 2.43. The van der Waals surface area contributed by atoms with Crippen LogP contribution < -0.4 is 5.73 Å². The number of likely N-dealkylation sites (N-methyl/N-ethyl adjacent to an activating group) is 2. The molecule has 0 aromatic carbocycles. The van der Waals surface area contributed by atoms with Gasteiger partial charge in [0.1, 0.15) is 0 Å². The van der Waals surface area contributed by atoms with Crippen molar-refractivity contribution in [1.29, 1.82) is 0 Å². The van der Waals surface area contributed by atoms with Crippen LogP contribution in [0.4, 0.5) is 0 Å². The normalized spacial score (nSPS) is 18.9. The third-order valence-corrected chi connectivity index (χ3v) is 5.38. The lowest BCUT2D eigenvalue weighted by molar-refractivity contribution is -0.0133. The summed E-state index contributed by atoms with van der Waals surface area (Å²) in [6, 6.07) is 0. The minimum Gasteiger partial charge on any atom is -0.329 e. The van der Waals surface area contributed by atoms with Gasteiger partial charge in [-0.05, 0) is 53.2 Å². The molecule has 3 heteroatoms. The molecule has 0 aromatic heterocycles. The first-order chi connectivity index (χ1) is 8.96. The minimum atomic E-state index is 0.210. The maximum absolute atomic E-state index is 6.18. The zero-order valence-corrected chi connectivity index (χ0v) is 13.8. The fraction of sp³-hybridized carbons (Fsp3) is 1.00. The Balaban J connectivity index is 2.78. The summed E-state index contributed by atoms with van der Waals surface area (Å²) < 4.78 is 0. The summed E-state index contributed by atoms with van der Waals surface area (Å²) in [7, 11) is 6.76. The van der Waals surface area contributed by atoms with Gasteiger partial charge in [0.25, 0.3) is 0 Å². The third-order valence-electron chi connectivity index (χ3n) is 5.38. The van der Waals surface area contributed by atoms with Crippen molar-refractivity contribution < 1.29 is 0 Å². The molecule has 0 heterocycles. The van der Waals surface area contributed by atoms with E-state index < -0.39 is 0 Å². The van der Waals surface area contributed by atoms with E-state index in [0.717, 1.165) is 13.1 Å². The molecule has 0 aliphatic heterocycles. The number of nitrogens with zero attached hydrogens (tertiary/aromatic N) is 2. The van der Waals surface area contributed by atoms with E-state index in [0.29, 0.717) is 5.54 Å². The monoisotopic (exact) mass is 269 g/mol. The highest BCUT2D eigenvalue weighted by Crippen LogP contribution is 2.39. The van der Waals surface area contributed by atoms with E-state index in [1.807, 2.05) is 0 Å². The Kier molecular flexibility index (Phi) is 6.28. The first-order valence-electron chi connectivity index (χ1n) is 8.05. The van der Waals surface area contributed by atoms with E-state index >= 15 is 0 Å². The van der Waals surface area contributed by atoms with Crippen LogP contribution in [0.3, 0.4) is 0 Å². The topological polar surface area (TPSA) is 32.5 Å². The molecule has 0 saturated heterocycles. The van der Waals surface area contributed by atoms with Gasteiger partial charge in [-0.1, -0.05) is 26.7 Å². The molecule has 1 aliphatic carbocycles. The summed E-state index contributed by atoms with van der Waals surface area (Å²) in [4.78, 5) is 5.02. The van der Waals surface area contributed by atoms with E-state index in [1.165, 1.54) is 44.9 Å². The molecular weight excluding hydrogens is 234 g/mol. The van der Waals surface area contributed by atoms with Crippen LogP contribution in [-0.2, 0) is 0 Å². The highest BCUT2D eigenvalue weighted by atomic mass is 15.3. The van der Waals surface area contributed by atoms with Gasteiger partial charge in [0.2, 0.25) is 0 Å². The summed E-state index contributed by atoms with van der Waals surface area (Å²) in [6.07, 6.45) is 8.93. The zero-order valence-electron chi connectivity index (χ0n) is 13.8. The lowest BCUT2D eigenvalue weighted by atomic mass is 9.74. The standard InChI is InChI=1S/C16H35N3/c1-6-9-15(13-17,10-7-2)19(5)14-16(18(3)4)11-8-12-16/h6-14,17H2,1-5H3. The van der Waals surface area contributed by atoms with Crippen molar-refractivity contribution in [2.45, 2.75) is 69.9 Å². The molecule has 0 atom stereocenters. The fourth-order valence-corrected chi connectivity index (χ4v) is 3.74. The predicted octanol–water partition coefficient (Wildman–Crippen LogP) is 2.70. The molecule has 19 heavy (non-hydrogen) atoms. The SMILES string of the molecule is CCCC(CN)(CCC)N(C)CC1(N(C)C)CCC1. The number of rotatable bonds is 9. The van der Waals surface area contributed by atoms with Crippen molar-refractivity contribution in [3.8, 4) is 0 Å². The smallest absolute Gasteiger partial charge is 0.0330 e. The lowest BCUT2D eigenvalue weighted by Crippen LogP contribution is -2.62. The first-order valence-corrected chi connectivity index (χ1v) is 8.05. The zero-order chi connectivity index (χ0) is 14.5. The van der Waals surface area contributed by atoms with Gasteiger partial charge in [0.05, 0.1) is 0 Å². The van der Waals surface area contributed by atoms with E-state index in [-0.39, 0.29) is 5.54 Å². The Morgan fingerprint density at radius 1 is 1.05 bits per heavy atom. The van der Waals surface area contributed by atoms with Crippen LogP contribution in [0.5, 0.6) is 0 Å². The Labute approximate surface area is 120 Å². The Morgan fingerprint density at radius 2 is 1.58 bits per heavy atom. The second-order valence-electron chi connectivity index (χ2n) is 6.76. The third kappa shape index (κ3) is 3.50. The van der Waals surface area contributed by atoms with Crippen LogP contribution >= 0.6 is 0 Å². The van der Waals surface area contributed by atoms with Crippen molar-refractivity contribution >= 4 is 0 Å². The highest BCUT2D eigenvalue weighted by molar-refractivity contribution is 5.01. The summed E-state index contributed by atoms with van der Waals surface area (Å²) in [5.74, 6) is 0. The maximum atomic E-state index is 6.18. The second kappa shape index (κ2) is 7.05. The molecule has 2 N–H and O–H groups in total. The molecule has 0 spiro atoms. The van der Waals surface area contributed by atoms with Gasteiger partial charge in [0.15, 0.2) is 0 Å². The second-order valence-corrected chi connectivity index (χ2v) is 6.76. The molecule has 114 valence electrons. The number of hydrogen-bond acceptors (Lipinski definition) is 3. The Bertz CT molecular complexity index is 253. The van der Waals surface area contributed by atoms with Gasteiger partial charge in [-0.15, -0.1) is 0 Å². The van der Waals surface area contributed by atoms with Gasteiger partial charge < -0.3 is 10.6 Å². The van der Waals surface area contributed by atoms with E-state index in [4.69, 9.17) is 5.73 Å². The van der Waals surface area contributed by atoms with Crippen LogP contribution in [0.15, 0.2) is 0 Å². The summed E-state index contributed by atoms with van der Waals surface area (Å²) in [5, 5.41) is 0. The molecule has 1 saturated carbocycles. The van der Waals surface area contributed by atoms with Crippen molar-refractivity contribution in [3.63, 3.8) is 0 Å². The molecule has 1 fully saturated rings. The van der Waals surface area contributed by atoms with Gasteiger partial charge in [-0.3, -0.25) is 4.90 Å². The van der Waals surface area contributed by atoms with Gasteiger partial charge in [-0.25, -0.2) is 0 Å². The van der Waals surface area contributed by atoms with Gasteiger partial charge >= 0.3 is 0 Å². The molecule has 0 radical (unpaired) electrons. The molecule has 1 rings (SSSR count). The Morgan fingerprint density at radius 3 is 1.84 bits per heavy atom. The quantitative estimate of drug-likeness (QED) is 0.698. The predicted molar refractivity (Wildman–Crippen MR) is 84.5 cm³/mol. The van der Waals surface area contributed by atoms with Crippen LogP contribution in [0.25, 0.3) is 0 Å². The van der Waals surface area contributed by atoms with Gasteiger partial charge in [0, 0.05) is 24.2 Å². The summed E-state index contributed by atoms with van der Waals surface area (Å²) >= 11 is 0. The van der Waals surface area contributed by atoms with Crippen molar-refractivity contribution in [3.05, 3.63) is 0 Å². The fourth-order valence-electron chi connectivity index (χ4n) is 3.74. The molecular formula is C16H35N3. The van der Waals surface area contributed by atoms with Gasteiger partial charge in [-0.2, -0.15) is 0 Å². The van der Waals surface area contributed by atoms with Crippen molar-refractivity contribution in [1.82, 2.24) is 9.80 Å². The minimum absolute atomic E-state index is 0.210. The average Bonchev–Trinajstić information content (AvgIpc) is 2.32. The molecule has 0 bridgehead atoms. The molecule has 1 aliphatic rings. The van der Waals surface area contributed by atoms with Crippen LogP contribution in [0, 0.1) is 0 Å².